The number of ether oxygens (including phenoxy) is 1. The molecule has 1 aromatic heterocycles. The summed E-state index contributed by atoms with van der Waals surface area (Å²) in [4.78, 5) is 0. The minimum absolute atomic E-state index is 0.0439. The Labute approximate surface area is 120 Å². The Kier molecular flexibility index (Phi) is 4.52. The van der Waals surface area contributed by atoms with Crippen molar-refractivity contribution in [3.63, 3.8) is 0 Å². The van der Waals surface area contributed by atoms with E-state index in [-0.39, 0.29) is 12.4 Å². The molecule has 0 fully saturated rings. The number of halogens is 3. The first-order chi connectivity index (χ1) is 9.90. The van der Waals surface area contributed by atoms with Gasteiger partial charge in [0.2, 0.25) is 0 Å². The minimum atomic E-state index is -4.45. The molecule has 2 rings (SSSR count). The van der Waals surface area contributed by atoms with E-state index < -0.39 is 11.7 Å². The molecule has 0 unspecified atom stereocenters. The molecule has 0 aliphatic rings. The van der Waals surface area contributed by atoms with Crippen molar-refractivity contribution < 1.29 is 17.9 Å². The van der Waals surface area contributed by atoms with Gasteiger partial charge in [0.05, 0.1) is 11.8 Å². The molecule has 4 nitrogen and oxygen atoms in total. The highest BCUT2D eigenvalue weighted by molar-refractivity contribution is 5.39. The van der Waals surface area contributed by atoms with Crippen molar-refractivity contribution >= 4 is 0 Å². The van der Waals surface area contributed by atoms with Gasteiger partial charge < -0.3 is 10.1 Å². The number of aromatic nitrogens is 2. The summed E-state index contributed by atoms with van der Waals surface area (Å²) in [6.45, 7) is 0.411. The summed E-state index contributed by atoms with van der Waals surface area (Å²) in [5, 5.41) is 6.77. The second kappa shape index (κ2) is 6.17. The smallest absolute Gasteiger partial charge is 0.419 e. The van der Waals surface area contributed by atoms with Gasteiger partial charge in [-0.05, 0) is 24.7 Å². The van der Waals surface area contributed by atoms with Crippen LogP contribution in [0.4, 0.5) is 13.2 Å². The maximum absolute atomic E-state index is 13.1. The fraction of sp³-hybridized carbons (Fsp3) is 0.357. The van der Waals surface area contributed by atoms with Crippen LogP contribution < -0.4 is 10.1 Å². The van der Waals surface area contributed by atoms with Gasteiger partial charge in [-0.25, -0.2) is 0 Å². The lowest BCUT2D eigenvalue weighted by atomic mass is 10.1. The van der Waals surface area contributed by atoms with Gasteiger partial charge in [0.25, 0.3) is 0 Å². The van der Waals surface area contributed by atoms with Crippen molar-refractivity contribution in [2.75, 3.05) is 7.05 Å². The average molecular weight is 299 g/mol. The molecule has 0 aliphatic carbocycles. The number of nitrogens with one attached hydrogen (secondary N) is 1. The Balaban J connectivity index is 2.21. The molecule has 1 heterocycles. The van der Waals surface area contributed by atoms with Gasteiger partial charge in [-0.15, -0.1) is 0 Å². The van der Waals surface area contributed by atoms with Crippen molar-refractivity contribution in [3.05, 3.63) is 47.3 Å². The molecule has 0 saturated carbocycles. The minimum Gasteiger partial charge on any atom is -0.488 e. The molecule has 0 bridgehead atoms. The summed E-state index contributed by atoms with van der Waals surface area (Å²) in [7, 11) is 3.41. The summed E-state index contributed by atoms with van der Waals surface area (Å²) in [6.07, 6.45) is -1.20. The van der Waals surface area contributed by atoms with Gasteiger partial charge in [0.15, 0.2) is 0 Å². The summed E-state index contributed by atoms with van der Waals surface area (Å²) >= 11 is 0. The third kappa shape index (κ3) is 3.98. The second-order valence-corrected chi connectivity index (χ2v) is 4.67. The van der Waals surface area contributed by atoms with Gasteiger partial charge in [0.1, 0.15) is 12.4 Å². The summed E-state index contributed by atoms with van der Waals surface area (Å²) < 4.78 is 46.1. The van der Waals surface area contributed by atoms with Gasteiger partial charge in [-0.1, -0.05) is 6.07 Å². The summed E-state index contributed by atoms with van der Waals surface area (Å²) in [5.74, 6) is -0.175. The van der Waals surface area contributed by atoms with Crippen LogP contribution in [-0.2, 0) is 26.4 Å². The Bertz CT molecular complexity index is 608. The molecule has 0 atom stereocenters. The predicted octanol–water partition coefficient (Wildman–Crippen LogP) is 2.74. The van der Waals surface area contributed by atoms with Crippen LogP contribution in [0.15, 0.2) is 30.6 Å². The zero-order valence-corrected chi connectivity index (χ0v) is 11.7. The molecule has 0 aliphatic heterocycles. The summed E-state index contributed by atoms with van der Waals surface area (Å²) in [6, 6.07) is 4.07. The lowest BCUT2D eigenvalue weighted by Gasteiger charge is -2.15. The number of hydrogen-bond donors (Lipinski definition) is 1. The van der Waals surface area contributed by atoms with E-state index in [0.717, 1.165) is 6.07 Å². The molecule has 1 N–H and O–H groups in total. The quantitative estimate of drug-likeness (QED) is 0.922. The molecule has 0 saturated heterocycles. The maximum Gasteiger partial charge on any atom is 0.419 e. The number of hydrogen-bond acceptors (Lipinski definition) is 3. The van der Waals surface area contributed by atoms with E-state index in [1.54, 1.807) is 37.2 Å². The number of benzene rings is 1. The number of rotatable bonds is 5. The molecular formula is C14H16F3N3O. The third-order valence-electron chi connectivity index (χ3n) is 2.88. The fourth-order valence-corrected chi connectivity index (χ4v) is 1.95. The molecule has 0 radical (unpaired) electrons. The highest BCUT2D eigenvalue weighted by atomic mass is 19.4. The first kappa shape index (κ1) is 15.4. The Morgan fingerprint density at radius 2 is 2.05 bits per heavy atom. The van der Waals surface area contributed by atoms with E-state index in [9.17, 15) is 13.2 Å². The van der Waals surface area contributed by atoms with E-state index in [1.165, 1.54) is 6.07 Å². The van der Waals surface area contributed by atoms with Crippen LogP contribution in [0, 0.1) is 0 Å². The fourth-order valence-electron chi connectivity index (χ4n) is 1.95. The van der Waals surface area contributed by atoms with Crippen LogP contribution >= 0.6 is 0 Å². The van der Waals surface area contributed by atoms with E-state index in [0.29, 0.717) is 17.7 Å². The zero-order chi connectivity index (χ0) is 15.5. The second-order valence-electron chi connectivity index (χ2n) is 4.67. The first-order valence-corrected chi connectivity index (χ1v) is 6.35. The highest BCUT2D eigenvalue weighted by Gasteiger charge is 2.34. The SMILES string of the molecule is CNCc1ccc(OCc2cnn(C)c2)c(C(F)(F)F)c1. The largest absolute Gasteiger partial charge is 0.488 e. The summed E-state index contributed by atoms with van der Waals surface area (Å²) in [5.41, 5.74) is 0.502. The van der Waals surface area contributed by atoms with Gasteiger partial charge in [-0.3, -0.25) is 4.68 Å². The number of alkyl halides is 3. The van der Waals surface area contributed by atoms with E-state index in [4.69, 9.17) is 4.74 Å². The lowest BCUT2D eigenvalue weighted by molar-refractivity contribution is -0.139. The molecule has 1 aromatic carbocycles. The molecule has 114 valence electrons. The van der Waals surface area contributed by atoms with E-state index in [1.807, 2.05) is 0 Å². The van der Waals surface area contributed by atoms with Crippen LogP contribution in [0.5, 0.6) is 5.75 Å². The zero-order valence-electron chi connectivity index (χ0n) is 11.7. The molecule has 7 heteroatoms. The normalized spacial score (nSPS) is 11.7. The van der Waals surface area contributed by atoms with E-state index >= 15 is 0 Å². The monoisotopic (exact) mass is 299 g/mol. The third-order valence-corrected chi connectivity index (χ3v) is 2.88. The van der Waals surface area contributed by atoms with Gasteiger partial charge in [0, 0.05) is 25.4 Å². The Morgan fingerprint density at radius 3 is 2.62 bits per heavy atom. The highest BCUT2D eigenvalue weighted by Crippen LogP contribution is 2.37. The van der Waals surface area contributed by atoms with Crippen molar-refractivity contribution in [1.82, 2.24) is 15.1 Å². The van der Waals surface area contributed by atoms with Crippen molar-refractivity contribution in [3.8, 4) is 5.75 Å². The van der Waals surface area contributed by atoms with Gasteiger partial charge >= 0.3 is 6.18 Å². The topological polar surface area (TPSA) is 39.1 Å². The van der Waals surface area contributed by atoms with Crippen molar-refractivity contribution in [2.45, 2.75) is 19.3 Å². The van der Waals surface area contributed by atoms with Gasteiger partial charge in [-0.2, -0.15) is 18.3 Å². The molecule has 21 heavy (non-hydrogen) atoms. The Morgan fingerprint density at radius 1 is 1.29 bits per heavy atom. The van der Waals surface area contributed by atoms with Crippen LogP contribution in [0.2, 0.25) is 0 Å². The first-order valence-electron chi connectivity index (χ1n) is 6.35. The number of aryl methyl sites for hydroxylation is 1. The molecule has 0 amide bonds. The van der Waals surface area contributed by atoms with Crippen LogP contribution in [0.1, 0.15) is 16.7 Å². The standard InChI is InChI=1S/C14H16F3N3O/c1-18-6-10-3-4-13(12(5-10)14(15,16)17)21-9-11-7-19-20(2)8-11/h3-5,7-8,18H,6,9H2,1-2H3. The van der Waals surface area contributed by atoms with Crippen LogP contribution in [0.25, 0.3) is 0 Å². The van der Waals surface area contributed by atoms with Crippen LogP contribution in [-0.4, -0.2) is 16.8 Å². The molecule has 0 spiro atoms. The van der Waals surface area contributed by atoms with Crippen LogP contribution in [0.3, 0.4) is 0 Å². The maximum atomic E-state index is 13.1. The lowest BCUT2D eigenvalue weighted by Crippen LogP contribution is -2.11. The number of nitrogens with zero attached hydrogens (tertiary/aromatic N) is 2. The van der Waals surface area contributed by atoms with Crippen molar-refractivity contribution in [2.24, 2.45) is 7.05 Å². The predicted molar refractivity (Wildman–Crippen MR) is 71.7 cm³/mol. The molecular weight excluding hydrogens is 283 g/mol. The van der Waals surface area contributed by atoms with E-state index in [2.05, 4.69) is 10.4 Å². The Hall–Kier alpha value is -2.02. The average Bonchev–Trinajstić information content (AvgIpc) is 2.82. The molecule has 2 aromatic rings. The van der Waals surface area contributed by atoms with Crippen molar-refractivity contribution in [1.29, 1.82) is 0 Å².